The van der Waals surface area contributed by atoms with Gasteiger partial charge < -0.3 is 14.8 Å². The number of benzene rings is 1. The third kappa shape index (κ3) is 5.70. The predicted octanol–water partition coefficient (Wildman–Crippen LogP) is 4.12. The minimum Gasteiger partial charge on any atom is -0.491 e. The van der Waals surface area contributed by atoms with Crippen molar-refractivity contribution in [1.29, 1.82) is 0 Å². The average Bonchev–Trinajstić information content (AvgIpc) is 2.74. The Morgan fingerprint density at radius 1 is 1.03 bits per heavy atom. The van der Waals surface area contributed by atoms with Crippen LogP contribution in [0, 0.1) is 20.8 Å². The van der Waals surface area contributed by atoms with Crippen LogP contribution < -0.4 is 14.8 Å². The van der Waals surface area contributed by atoms with E-state index in [1.807, 2.05) is 32.9 Å². The summed E-state index contributed by atoms with van der Waals surface area (Å²) in [7, 11) is 1.54. The number of nitrogens with one attached hydrogen (secondary N) is 1. The van der Waals surface area contributed by atoms with E-state index in [1.165, 1.54) is 18.9 Å². The van der Waals surface area contributed by atoms with E-state index < -0.39 is 0 Å². The quantitative estimate of drug-likeness (QED) is 0.430. The molecule has 0 aliphatic heterocycles. The zero-order valence-electron chi connectivity index (χ0n) is 17.4. The highest BCUT2D eigenvalue weighted by atomic mass is 32.2. The number of hydrogen-bond donors (Lipinski definition) is 1. The number of methoxy groups -OCH3 is 1. The first-order valence-electron chi connectivity index (χ1n) is 9.39. The Morgan fingerprint density at radius 2 is 1.73 bits per heavy atom. The van der Waals surface area contributed by atoms with Crippen LogP contribution in [0.1, 0.15) is 22.4 Å². The second-order valence-electron chi connectivity index (χ2n) is 6.76. The number of thioether (sulfide) groups is 1. The summed E-state index contributed by atoms with van der Waals surface area (Å²) in [5.41, 5.74) is 4.78. The number of amides is 1. The first-order valence-corrected chi connectivity index (χ1v) is 10.4. The SMILES string of the molecule is COc1cnc(CSc2ncccn2)cc1OCC(=O)Nc1c(C)cc(C)cc1C. The van der Waals surface area contributed by atoms with Gasteiger partial charge in [0.25, 0.3) is 5.91 Å². The van der Waals surface area contributed by atoms with Crippen LogP contribution in [0.15, 0.2) is 48.0 Å². The number of aromatic nitrogens is 3. The highest BCUT2D eigenvalue weighted by Crippen LogP contribution is 2.29. The molecule has 0 saturated heterocycles. The lowest BCUT2D eigenvalue weighted by molar-refractivity contribution is -0.118. The molecule has 0 bridgehead atoms. The third-order valence-corrected chi connectivity index (χ3v) is 5.21. The Kier molecular flexibility index (Phi) is 7.24. The lowest BCUT2D eigenvalue weighted by Gasteiger charge is -2.14. The molecule has 0 fully saturated rings. The predicted molar refractivity (Wildman–Crippen MR) is 117 cm³/mol. The zero-order valence-corrected chi connectivity index (χ0v) is 18.2. The molecule has 8 heteroatoms. The van der Waals surface area contributed by atoms with Crippen molar-refractivity contribution in [3.63, 3.8) is 0 Å². The van der Waals surface area contributed by atoms with E-state index >= 15 is 0 Å². The minimum absolute atomic E-state index is 0.137. The van der Waals surface area contributed by atoms with Crippen molar-refractivity contribution in [2.45, 2.75) is 31.7 Å². The second kappa shape index (κ2) is 10.1. The van der Waals surface area contributed by atoms with Gasteiger partial charge in [0.1, 0.15) is 0 Å². The van der Waals surface area contributed by atoms with Crippen LogP contribution in [0.5, 0.6) is 11.5 Å². The molecule has 1 N–H and O–H groups in total. The van der Waals surface area contributed by atoms with Crippen molar-refractivity contribution < 1.29 is 14.3 Å². The second-order valence-corrected chi connectivity index (χ2v) is 7.70. The number of aryl methyl sites for hydroxylation is 3. The van der Waals surface area contributed by atoms with Gasteiger partial charge in [0.05, 0.1) is 19.0 Å². The van der Waals surface area contributed by atoms with Gasteiger partial charge in [-0.1, -0.05) is 29.5 Å². The summed E-state index contributed by atoms with van der Waals surface area (Å²) >= 11 is 1.47. The Balaban J connectivity index is 1.64. The fraction of sp³-hybridized carbons (Fsp3) is 0.273. The van der Waals surface area contributed by atoms with Gasteiger partial charge in [0.2, 0.25) is 0 Å². The van der Waals surface area contributed by atoms with E-state index in [0.29, 0.717) is 22.4 Å². The fourth-order valence-corrected chi connectivity index (χ4v) is 3.71. The van der Waals surface area contributed by atoms with Gasteiger partial charge in [-0.3, -0.25) is 9.78 Å². The van der Waals surface area contributed by atoms with Crippen molar-refractivity contribution in [2.24, 2.45) is 0 Å². The molecule has 3 aromatic rings. The van der Waals surface area contributed by atoms with E-state index in [0.717, 1.165) is 28.1 Å². The lowest BCUT2D eigenvalue weighted by Crippen LogP contribution is -2.21. The maximum Gasteiger partial charge on any atom is 0.262 e. The van der Waals surface area contributed by atoms with E-state index in [4.69, 9.17) is 9.47 Å². The van der Waals surface area contributed by atoms with Crippen molar-refractivity contribution in [2.75, 3.05) is 19.0 Å². The largest absolute Gasteiger partial charge is 0.491 e. The molecule has 0 radical (unpaired) electrons. The molecule has 0 aliphatic rings. The molecule has 0 aliphatic carbocycles. The lowest BCUT2D eigenvalue weighted by atomic mass is 10.1. The topological polar surface area (TPSA) is 86.2 Å². The number of ether oxygens (including phenoxy) is 2. The van der Waals surface area contributed by atoms with Gasteiger partial charge in [0, 0.05) is 29.9 Å². The van der Waals surface area contributed by atoms with Gasteiger partial charge >= 0.3 is 0 Å². The maximum atomic E-state index is 12.5. The number of carbonyl (C=O) groups is 1. The van der Waals surface area contributed by atoms with Crippen molar-refractivity contribution >= 4 is 23.4 Å². The van der Waals surface area contributed by atoms with Crippen molar-refractivity contribution in [3.05, 3.63) is 65.2 Å². The third-order valence-electron chi connectivity index (χ3n) is 4.30. The summed E-state index contributed by atoms with van der Waals surface area (Å²) < 4.78 is 11.1. The van der Waals surface area contributed by atoms with Gasteiger partial charge in [-0.05, 0) is 38.0 Å². The van der Waals surface area contributed by atoms with Crippen molar-refractivity contribution in [3.8, 4) is 11.5 Å². The molecule has 1 amide bonds. The number of anilines is 1. The van der Waals surface area contributed by atoms with Crippen LogP contribution in [-0.2, 0) is 10.5 Å². The molecule has 1 aromatic carbocycles. The summed E-state index contributed by atoms with van der Waals surface area (Å²) in [5.74, 6) is 1.26. The zero-order chi connectivity index (χ0) is 21.5. The highest BCUT2D eigenvalue weighted by molar-refractivity contribution is 7.98. The molecule has 7 nitrogen and oxygen atoms in total. The minimum atomic E-state index is -0.238. The van der Waals surface area contributed by atoms with Gasteiger partial charge in [-0.2, -0.15) is 0 Å². The molecule has 156 valence electrons. The molecule has 0 saturated carbocycles. The summed E-state index contributed by atoms with van der Waals surface area (Å²) in [4.78, 5) is 25.2. The normalized spacial score (nSPS) is 10.5. The van der Waals surface area contributed by atoms with Crippen molar-refractivity contribution in [1.82, 2.24) is 15.0 Å². The number of rotatable bonds is 8. The summed E-state index contributed by atoms with van der Waals surface area (Å²) in [6, 6.07) is 7.61. The number of carbonyl (C=O) groups excluding carboxylic acids is 1. The molecular weight excluding hydrogens is 400 g/mol. The molecule has 3 rings (SSSR count). The van der Waals surface area contributed by atoms with Gasteiger partial charge in [-0.25, -0.2) is 9.97 Å². The molecule has 2 aromatic heterocycles. The highest BCUT2D eigenvalue weighted by Gasteiger charge is 2.13. The van der Waals surface area contributed by atoms with Crippen LogP contribution in [0.4, 0.5) is 5.69 Å². The summed E-state index contributed by atoms with van der Waals surface area (Å²) in [6.45, 7) is 5.84. The Morgan fingerprint density at radius 3 is 2.40 bits per heavy atom. The fourth-order valence-electron chi connectivity index (χ4n) is 3.00. The van der Waals surface area contributed by atoms with E-state index in [2.05, 4.69) is 20.3 Å². The first kappa shape index (κ1) is 21.6. The monoisotopic (exact) mass is 424 g/mol. The number of hydrogen-bond acceptors (Lipinski definition) is 7. The van der Waals surface area contributed by atoms with Crippen LogP contribution in [0.2, 0.25) is 0 Å². The molecular formula is C22H24N4O3S. The smallest absolute Gasteiger partial charge is 0.262 e. The molecule has 0 spiro atoms. The summed E-state index contributed by atoms with van der Waals surface area (Å²) in [5, 5.41) is 3.60. The average molecular weight is 425 g/mol. The molecule has 0 atom stereocenters. The number of nitrogens with zero attached hydrogens (tertiary/aromatic N) is 3. The number of pyridine rings is 1. The van der Waals surface area contributed by atoms with E-state index in [-0.39, 0.29) is 12.5 Å². The van der Waals surface area contributed by atoms with Gasteiger partial charge in [-0.15, -0.1) is 0 Å². The molecule has 0 unspecified atom stereocenters. The van der Waals surface area contributed by atoms with Crippen LogP contribution in [0.3, 0.4) is 0 Å². The van der Waals surface area contributed by atoms with Crippen LogP contribution >= 0.6 is 11.8 Å². The van der Waals surface area contributed by atoms with E-state index in [9.17, 15) is 4.79 Å². The van der Waals surface area contributed by atoms with E-state index in [1.54, 1.807) is 30.7 Å². The first-order chi connectivity index (χ1) is 14.5. The Bertz CT molecular complexity index is 1010. The Labute approximate surface area is 180 Å². The maximum absolute atomic E-state index is 12.5. The Hall–Kier alpha value is -3.13. The van der Waals surface area contributed by atoms with Gasteiger partial charge in [0.15, 0.2) is 23.3 Å². The summed E-state index contributed by atoms with van der Waals surface area (Å²) in [6.07, 6.45) is 4.98. The standard InChI is InChI=1S/C22H24N4O3S/c1-14-8-15(2)21(16(3)9-14)26-20(27)12-29-18-10-17(25-11-19(18)28-4)13-30-22-23-6-5-7-24-22/h5-11H,12-13H2,1-4H3,(H,26,27). The van der Waals surface area contributed by atoms with Crippen LogP contribution in [0.25, 0.3) is 0 Å². The molecule has 2 heterocycles. The molecule has 30 heavy (non-hydrogen) atoms. The van der Waals surface area contributed by atoms with Crippen LogP contribution in [-0.4, -0.2) is 34.6 Å².